The van der Waals surface area contributed by atoms with Gasteiger partial charge in [0.2, 0.25) is 5.75 Å². The molecule has 1 atom stereocenters. The molecule has 3 aromatic rings. The molecular formula is C21H19FO6. The first-order valence-electron chi connectivity index (χ1n) is 8.50. The van der Waals surface area contributed by atoms with E-state index in [2.05, 4.69) is 0 Å². The summed E-state index contributed by atoms with van der Waals surface area (Å²) in [6.07, 6.45) is 0.0201. The smallest absolute Gasteiger partial charge is 0.336 e. The van der Waals surface area contributed by atoms with Crippen LogP contribution in [0.15, 0.2) is 51.7 Å². The Hall–Kier alpha value is -3.35. The first-order valence-corrected chi connectivity index (χ1v) is 8.50. The van der Waals surface area contributed by atoms with E-state index in [0.717, 1.165) is 0 Å². The number of methoxy groups -OCH3 is 3. The normalized spacial score (nSPS) is 11.9. The molecule has 1 heterocycles. The van der Waals surface area contributed by atoms with Crippen LogP contribution in [0.5, 0.6) is 11.5 Å². The van der Waals surface area contributed by atoms with Crippen molar-refractivity contribution >= 4 is 16.9 Å². The van der Waals surface area contributed by atoms with Crippen LogP contribution in [0.3, 0.4) is 0 Å². The van der Waals surface area contributed by atoms with Crippen LogP contribution in [0, 0.1) is 5.82 Å². The van der Waals surface area contributed by atoms with Crippen molar-refractivity contribution in [2.24, 2.45) is 0 Å². The van der Waals surface area contributed by atoms with Gasteiger partial charge in [0.05, 0.1) is 27.2 Å². The molecule has 0 aliphatic carbocycles. The van der Waals surface area contributed by atoms with E-state index in [-0.39, 0.29) is 17.8 Å². The number of benzene rings is 2. The molecule has 146 valence electrons. The van der Waals surface area contributed by atoms with Crippen molar-refractivity contribution in [2.75, 3.05) is 21.3 Å². The van der Waals surface area contributed by atoms with Crippen LogP contribution in [0.4, 0.5) is 4.39 Å². The molecule has 0 radical (unpaired) electrons. The van der Waals surface area contributed by atoms with Gasteiger partial charge in [-0.1, -0.05) is 18.2 Å². The fourth-order valence-corrected chi connectivity index (χ4v) is 3.20. The molecule has 0 saturated carbocycles. The minimum Gasteiger partial charge on any atom is -0.493 e. The number of rotatable bonds is 6. The van der Waals surface area contributed by atoms with Crippen molar-refractivity contribution in [2.45, 2.75) is 12.3 Å². The van der Waals surface area contributed by atoms with Crippen molar-refractivity contribution in [3.05, 3.63) is 69.8 Å². The number of carbonyl (C=O) groups excluding carboxylic acids is 1. The van der Waals surface area contributed by atoms with Gasteiger partial charge in [-0.3, -0.25) is 4.79 Å². The van der Waals surface area contributed by atoms with Gasteiger partial charge in [-0.25, -0.2) is 9.18 Å². The Balaban J connectivity index is 2.24. The van der Waals surface area contributed by atoms with Crippen LogP contribution in [0.1, 0.15) is 17.0 Å². The standard InChI is InChI=1S/C21H19FO6/c1-25-17-9-8-13-14(11-18(23)28-19(13)20(17)26-2)15(21(24)27-3)10-12-6-4-5-7-16(12)22/h4-9,11,15H,10H2,1-3H3. The summed E-state index contributed by atoms with van der Waals surface area (Å²) in [5, 5.41) is 0.476. The van der Waals surface area contributed by atoms with Crippen LogP contribution >= 0.6 is 0 Å². The van der Waals surface area contributed by atoms with Crippen LogP contribution in [-0.4, -0.2) is 27.3 Å². The van der Waals surface area contributed by atoms with Crippen molar-refractivity contribution < 1.29 is 27.8 Å². The average molecular weight is 386 g/mol. The zero-order chi connectivity index (χ0) is 20.3. The molecule has 0 N–H and O–H groups in total. The van der Waals surface area contributed by atoms with Gasteiger partial charge in [-0.2, -0.15) is 0 Å². The summed E-state index contributed by atoms with van der Waals surface area (Å²) in [6, 6.07) is 10.7. The van der Waals surface area contributed by atoms with E-state index < -0.39 is 23.3 Å². The minimum atomic E-state index is -0.911. The summed E-state index contributed by atoms with van der Waals surface area (Å²) < 4.78 is 35.0. The van der Waals surface area contributed by atoms with E-state index >= 15 is 0 Å². The molecule has 0 bridgehead atoms. The highest BCUT2D eigenvalue weighted by Crippen LogP contribution is 2.38. The second kappa shape index (κ2) is 8.12. The Kier molecular flexibility index (Phi) is 5.63. The third-order valence-corrected chi connectivity index (χ3v) is 4.53. The Morgan fingerprint density at radius 2 is 1.86 bits per heavy atom. The number of halogens is 1. The first kappa shape index (κ1) is 19.4. The average Bonchev–Trinajstić information content (AvgIpc) is 2.71. The zero-order valence-corrected chi connectivity index (χ0v) is 15.7. The van der Waals surface area contributed by atoms with Crippen LogP contribution in [-0.2, 0) is 16.0 Å². The van der Waals surface area contributed by atoms with Crippen molar-refractivity contribution in [3.63, 3.8) is 0 Å². The lowest BCUT2D eigenvalue weighted by molar-refractivity contribution is -0.142. The number of esters is 1. The highest BCUT2D eigenvalue weighted by atomic mass is 19.1. The lowest BCUT2D eigenvalue weighted by Crippen LogP contribution is -2.19. The molecule has 1 aromatic heterocycles. The fourth-order valence-electron chi connectivity index (χ4n) is 3.20. The SMILES string of the molecule is COC(=O)C(Cc1ccccc1F)c1cc(=O)oc2c(OC)c(OC)ccc12. The Morgan fingerprint density at radius 1 is 1.11 bits per heavy atom. The predicted octanol–water partition coefficient (Wildman–Crippen LogP) is 3.45. The third-order valence-electron chi connectivity index (χ3n) is 4.53. The summed E-state index contributed by atoms with van der Waals surface area (Å²) in [6.45, 7) is 0. The molecule has 2 aromatic carbocycles. The topological polar surface area (TPSA) is 75.0 Å². The maximum absolute atomic E-state index is 14.2. The summed E-state index contributed by atoms with van der Waals surface area (Å²) in [5.41, 5.74) is 0.172. The maximum atomic E-state index is 14.2. The van der Waals surface area contributed by atoms with Crippen molar-refractivity contribution in [3.8, 4) is 11.5 Å². The van der Waals surface area contributed by atoms with Gasteiger partial charge in [-0.15, -0.1) is 0 Å². The van der Waals surface area contributed by atoms with E-state index in [4.69, 9.17) is 18.6 Å². The van der Waals surface area contributed by atoms with Gasteiger partial charge in [0.15, 0.2) is 11.3 Å². The maximum Gasteiger partial charge on any atom is 0.336 e. The summed E-state index contributed by atoms with van der Waals surface area (Å²) in [4.78, 5) is 24.7. The number of hydrogen-bond acceptors (Lipinski definition) is 6. The molecule has 0 amide bonds. The number of ether oxygens (including phenoxy) is 3. The molecule has 0 saturated heterocycles. The molecule has 7 heteroatoms. The van der Waals surface area contributed by atoms with Gasteiger partial charge in [0.1, 0.15) is 5.82 Å². The Bertz CT molecular complexity index is 1070. The molecule has 1 unspecified atom stereocenters. The van der Waals surface area contributed by atoms with E-state index in [9.17, 15) is 14.0 Å². The summed E-state index contributed by atoms with van der Waals surface area (Å²) in [5.74, 6) is -1.34. The minimum absolute atomic E-state index is 0.0201. The lowest BCUT2D eigenvalue weighted by atomic mass is 9.89. The number of hydrogen-bond donors (Lipinski definition) is 0. The van der Waals surface area contributed by atoms with E-state index in [0.29, 0.717) is 22.3 Å². The van der Waals surface area contributed by atoms with E-state index in [1.54, 1.807) is 30.3 Å². The van der Waals surface area contributed by atoms with Crippen molar-refractivity contribution in [1.29, 1.82) is 0 Å². The van der Waals surface area contributed by atoms with Gasteiger partial charge in [0.25, 0.3) is 0 Å². The zero-order valence-electron chi connectivity index (χ0n) is 15.7. The van der Waals surface area contributed by atoms with Gasteiger partial charge < -0.3 is 18.6 Å². The molecule has 0 aliphatic rings. The predicted molar refractivity (Wildman–Crippen MR) is 100 cm³/mol. The molecule has 0 spiro atoms. The second-order valence-corrected chi connectivity index (χ2v) is 6.07. The largest absolute Gasteiger partial charge is 0.493 e. The highest BCUT2D eigenvalue weighted by molar-refractivity contribution is 5.92. The first-order chi connectivity index (χ1) is 13.5. The van der Waals surface area contributed by atoms with Crippen LogP contribution < -0.4 is 15.1 Å². The molecule has 28 heavy (non-hydrogen) atoms. The molecule has 0 fully saturated rings. The lowest BCUT2D eigenvalue weighted by Gasteiger charge is -2.18. The Morgan fingerprint density at radius 3 is 2.50 bits per heavy atom. The Labute approximate surface area is 160 Å². The summed E-state index contributed by atoms with van der Waals surface area (Å²) in [7, 11) is 4.12. The molecule has 6 nitrogen and oxygen atoms in total. The van der Waals surface area contributed by atoms with Gasteiger partial charge in [0, 0.05) is 11.5 Å². The van der Waals surface area contributed by atoms with Gasteiger partial charge in [-0.05, 0) is 35.7 Å². The molecular weight excluding hydrogens is 367 g/mol. The quantitative estimate of drug-likeness (QED) is 0.477. The van der Waals surface area contributed by atoms with Crippen molar-refractivity contribution in [1.82, 2.24) is 0 Å². The highest BCUT2D eigenvalue weighted by Gasteiger charge is 2.27. The number of fused-ring (bicyclic) bond motifs is 1. The number of carbonyl (C=O) groups is 1. The van der Waals surface area contributed by atoms with E-state index in [1.165, 1.54) is 33.5 Å². The molecule has 0 aliphatic heterocycles. The molecule has 3 rings (SSSR count). The van der Waals surface area contributed by atoms with E-state index in [1.807, 2.05) is 0 Å². The third kappa shape index (κ3) is 3.55. The van der Waals surface area contributed by atoms with Gasteiger partial charge >= 0.3 is 11.6 Å². The van der Waals surface area contributed by atoms with Crippen LogP contribution in [0.25, 0.3) is 11.0 Å². The van der Waals surface area contributed by atoms with Crippen LogP contribution in [0.2, 0.25) is 0 Å². The summed E-state index contributed by atoms with van der Waals surface area (Å²) >= 11 is 0. The monoisotopic (exact) mass is 386 g/mol. The fraction of sp³-hybridized carbons (Fsp3) is 0.238. The second-order valence-electron chi connectivity index (χ2n) is 6.07.